The maximum absolute atomic E-state index is 11.2. The van der Waals surface area contributed by atoms with Gasteiger partial charge in [0.1, 0.15) is 6.10 Å². The summed E-state index contributed by atoms with van der Waals surface area (Å²) < 4.78 is 15.8. The Morgan fingerprint density at radius 2 is 2.11 bits per heavy atom. The summed E-state index contributed by atoms with van der Waals surface area (Å²) in [5.41, 5.74) is 1.11. The Balaban J connectivity index is 1.58. The molecule has 1 fully saturated rings. The van der Waals surface area contributed by atoms with E-state index < -0.39 is 6.10 Å². The molecule has 2 unspecified atom stereocenters. The lowest BCUT2D eigenvalue weighted by Crippen LogP contribution is -2.32. The topological polar surface area (TPSA) is 65.0 Å². The summed E-state index contributed by atoms with van der Waals surface area (Å²) in [4.78, 5) is 11.2. The molecule has 2 aliphatic rings. The highest BCUT2D eigenvalue weighted by Gasteiger charge is 2.26. The first-order valence-electron chi connectivity index (χ1n) is 6.47. The van der Waals surface area contributed by atoms with E-state index in [9.17, 15) is 9.90 Å². The molecule has 2 aliphatic heterocycles. The highest BCUT2D eigenvalue weighted by molar-refractivity contribution is 5.70. The van der Waals surface area contributed by atoms with Crippen molar-refractivity contribution in [1.29, 1.82) is 0 Å². The number of hydrogen-bond acceptors (Lipinski definition) is 5. The van der Waals surface area contributed by atoms with Crippen molar-refractivity contribution in [1.82, 2.24) is 0 Å². The lowest BCUT2D eigenvalue weighted by molar-refractivity contribution is -0.160. The van der Waals surface area contributed by atoms with Crippen molar-refractivity contribution in [2.45, 2.75) is 37.9 Å². The molecule has 19 heavy (non-hydrogen) atoms. The number of benzene rings is 1. The second-order valence-electron chi connectivity index (χ2n) is 4.93. The van der Waals surface area contributed by atoms with Gasteiger partial charge in [-0.25, -0.2) is 0 Å². The third-order valence-corrected chi connectivity index (χ3v) is 3.43. The lowest BCUT2D eigenvalue weighted by atomic mass is 9.99. The summed E-state index contributed by atoms with van der Waals surface area (Å²) in [6, 6.07) is 5.82. The quantitative estimate of drug-likeness (QED) is 0.836. The molecule has 2 atom stereocenters. The molecule has 1 aromatic carbocycles. The van der Waals surface area contributed by atoms with E-state index in [1.807, 2.05) is 18.2 Å². The Labute approximate surface area is 111 Å². The van der Waals surface area contributed by atoms with Crippen molar-refractivity contribution in [2.24, 2.45) is 0 Å². The van der Waals surface area contributed by atoms with Crippen LogP contribution in [0, 0.1) is 0 Å². The molecule has 1 N–H and O–H groups in total. The average Bonchev–Trinajstić information content (AvgIpc) is 2.82. The van der Waals surface area contributed by atoms with Gasteiger partial charge in [0.2, 0.25) is 6.79 Å². The van der Waals surface area contributed by atoms with Gasteiger partial charge in [-0.2, -0.15) is 0 Å². The smallest absolute Gasteiger partial charge is 0.308 e. The van der Waals surface area contributed by atoms with Crippen molar-refractivity contribution in [3.05, 3.63) is 23.8 Å². The van der Waals surface area contributed by atoms with Crippen LogP contribution in [0.1, 0.15) is 24.8 Å². The lowest BCUT2D eigenvalue weighted by Gasteiger charge is -2.25. The second-order valence-corrected chi connectivity index (χ2v) is 4.93. The average molecular weight is 264 g/mol. The van der Waals surface area contributed by atoms with Gasteiger partial charge in [0.15, 0.2) is 11.5 Å². The van der Waals surface area contributed by atoms with Crippen LogP contribution in [0.2, 0.25) is 0 Å². The molecule has 0 spiro atoms. The van der Waals surface area contributed by atoms with Crippen molar-refractivity contribution in [3.63, 3.8) is 0 Å². The molecule has 5 heteroatoms. The van der Waals surface area contributed by atoms with E-state index in [0.29, 0.717) is 12.8 Å². The summed E-state index contributed by atoms with van der Waals surface area (Å²) in [7, 11) is 0. The fourth-order valence-electron chi connectivity index (χ4n) is 2.46. The molecular formula is C14H16O5. The van der Waals surface area contributed by atoms with Crippen LogP contribution in [0.15, 0.2) is 18.2 Å². The van der Waals surface area contributed by atoms with Gasteiger partial charge in [-0.05, 0) is 30.5 Å². The number of carbonyl (C=O) groups is 1. The molecule has 0 aromatic heterocycles. The van der Waals surface area contributed by atoms with Gasteiger partial charge in [0.05, 0.1) is 12.5 Å². The molecule has 2 heterocycles. The van der Waals surface area contributed by atoms with Gasteiger partial charge >= 0.3 is 5.97 Å². The Bertz CT molecular complexity index is 485. The number of rotatable bonds is 3. The van der Waals surface area contributed by atoms with E-state index in [2.05, 4.69) is 0 Å². The van der Waals surface area contributed by atoms with Crippen LogP contribution >= 0.6 is 0 Å². The van der Waals surface area contributed by atoms with Crippen LogP contribution in [0.25, 0.3) is 0 Å². The number of aliphatic hydroxyl groups excluding tert-OH is 1. The standard InChI is InChI=1S/C14H16O5/c15-10-6-11(19-14(16)7-10)3-1-9-2-4-12-13(5-9)18-8-17-12/h2,4-5,10-11,15H,1,3,6-8H2. The molecule has 0 radical (unpaired) electrons. The van der Waals surface area contributed by atoms with Gasteiger partial charge in [0.25, 0.3) is 0 Å². The fourth-order valence-corrected chi connectivity index (χ4v) is 2.46. The number of hydrogen-bond donors (Lipinski definition) is 1. The molecule has 1 aromatic rings. The van der Waals surface area contributed by atoms with Gasteiger partial charge in [0, 0.05) is 6.42 Å². The zero-order valence-electron chi connectivity index (χ0n) is 10.5. The van der Waals surface area contributed by atoms with Gasteiger partial charge in [-0.1, -0.05) is 6.07 Å². The summed E-state index contributed by atoms with van der Waals surface area (Å²) in [6.07, 6.45) is 1.37. The van der Waals surface area contributed by atoms with Crippen molar-refractivity contribution in [2.75, 3.05) is 6.79 Å². The first kappa shape index (κ1) is 12.3. The van der Waals surface area contributed by atoms with E-state index >= 15 is 0 Å². The van der Waals surface area contributed by atoms with E-state index in [4.69, 9.17) is 14.2 Å². The van der Waals surface area contributed by atoms with Crippen molar-refractivity contribution in [3.8, 4) is 11.5 Å². The predicted octanol–water partition coefficient (Wildman–Crippen LogP) is 1.41. The van der Waals surface area contributed by atoms with Crippen molar-refractivity contribution >= 4 is 5.97 Å². The van der Waals surface area contributed by atoms with Crippen LogP contribution in [0.3, 0.4) is 0 Å². The molecule has 1 saturated heterocycles. The SMILES string of the molecule is O=C1CC(O)CC(CCc2ccc3c(c2)OCO3)O1. The molecule has 0 bridgehead atoms. The zero-order chi connectivity index (χ0) is 13.2. The fraction of sp³-hybridized carbons (Fsp3) is 0.500. The van der Waals surface area contributed by atoms with Crippen LogP contribution < -0.4 is 9.47 Å². The monoisotopic (exact) mass is 264 g/mol. The van der Waals surface area contributed by atoms with Crippen molar-refractivity contribution < 1.29 is 24.1 Å². The van der Waals surface area contributed by atoms with Crippen LogP contribution in [0.4, 0.5) is 0 Å². The third-order valence-electron chi connectivity index (χ3n) is 3.43. The minimum atomic E-state index is -0.567. The van der Waals surface area contributed by atoms with Gasteiger partial charge in [-0.3, -0.25) is 4.79 Å². The molecule has 3 rings (SSSR count). The second kappa shape index (κ2) is 5.09. The van der Waals surface area contributed by atoms with Crippen LogP contribution in [0.5, 0.6) is 11.5 Å². The highest BCUT2D eigenvalue weighted by Crippen LogP contribution is 2.33. The van der Waals surface area contributed by atoms with Gasteiger partial charge in [-0.15, -0.1) is 0 Å². The Hall–Kier alpha value is -1.75. The number of cyclic esters (lactones) is 1. The van der Waals surface area contributed by atoms with Gasteiger partial charge < -0.3 is 19.3 Å². The zero-order valence-corrected chi connectivity index (χ0v) is 10.5. The maximum Gasteiger partial charge on any atom is 0.308 e. The summed E-state index contributed by atoms with van der Waals surface area (Å²) in [6.45, 7) is 0.269. The number of aliphatic hydroxyl groups is 1. The first-order chi connectivity index (χ1) is 9.20. The van der Waals surface area contributed by atoms with E-state index in [1.165, 1.54) is 0 Å². The minimum Gasteiger partial charge on any atom is -0.462 e. The van der Waals surface area contributed by atoms with E-state index in [1.54, 1.807) is 0 Å². The number of fused-ring (bicyclic) bond motifs is 1. The molecule has 0 saturated carbocycles. The van der Waals surface area contributed by atoms with Crippen LogP contribution in [-0.4, -0.2) is 30.1 Å². The van der Waals surface area contributed by atoms with E-state index in [-0.39, 0.29) is 25.3 Å². The molecule has 0 aliphatic carbocycles. The highest BCUT2D eigenvalue weighted by atomic mass is 16.7. The Kier molecular flexibility index (Phi) is 3.29. The Morgan fingerprint density at radius 3 is 2.95 bits per heavy atom. The third kappa shape index (κ3) is 2.81. The summed E-state index contributed by atoms with van der Waals surface area (Å²) in [5, 5.41) is 9.54. The largest absolute Gasteiger partial charge is 0.462 e. The summed E-state index contributed by atoms with van der Waals surface area (Å²) in [5.74, 6) is 1.22. The number of ether oxygens (including phenoxy) is 3. The summed E-state index contributed by atoms with van der Waals surface area (Å²) >= 11 is 0. The van der Waals surface area contributed by atoms with E-state index in [0.717, 1.165) is 23.5 Å². The number of carbonyl (C=O) groups excluding carboxylic acids is 1. The van der Waals surface area contributed by atoms with Crippen LogP contribution in [-0.2, 0) is 16.0 Å². The molecule has 0 amide bonds. The minimum absolute atomic E-state index is 0.112. The normalized spacial score (nSPS) is 25.2. The predicted molar refractivity (Wildman–Crippen MR) is 66.0 cm³/mol. The Morgan fingerprint density at radius 1 is 1.26 bits per heavy atom. The number of aryl methyl sites for hydroxylation is 1. The first-order valence-corrected chi connectivity index (χ1v) is 6.47. The molecule has 5 nitrogen and oxygen atoms in total. The number of esters is 1. The maximum atomic E-state index is 11.2. The molecular weight excluding hydrogens is 248 g/mol. The molecule has 102 valence electrons.